The molecular formula is C19H27F2N3O2S. The topological polar surface area (TPSA) is 70.6 Å². The van der Waals surface area contributed by atoms with Gasteiger partial charge in [-0.05, 0) is 38.3 Å². The van der Waals surface area contributed by atoms with Gasteiger partial charge in [0.25, 0.3) is 0 Å². The van der Waals surface area contributed by atoms with E-state index in [4.69, 9.17) is 0 Å². The summed E-state index contributed by atoms with van der Waals surface area (Å²) in [6.07, 6.45) is 3.74. The summed E-state index contributed by atoms with van der Waals surface area (Å²) in [6, 6.07) is 3.80. The van der Waals surface area contributed by atoms with Crippen molar-refractivity contribution in [3.63, 3.8) is 0 Å². The van der Waals surface area contributed by atoms with Gasteiger partial charge in [0.1, 0.15) is 11.6 Å². The molecule has 1 atom stereocenters. The van der Waals surface area contributed by atoms with E-state index < -0.39 is 26.9 Å². The van der Waals surface area contributed by atoms with Crippen molar-refractivity contribution < 1.29 is 17.2 Å². The number of aliphatic imine (C=N–C) groups is 1. The molecule has 2 aliphatic rings. The number of nitrogens with one attached hydrogen (secondary N) is 2. The Balaban J connectivity index is 1.82. The van der Waals surface area contributed by atoms with Gasteiger partial charge in [0.05, 0.1) is 18.1 Å². The van der Waals surface area contributed by atoms with Gasteiger partial charge < -0.3 is 10.6 Å². The van der Waals surface area contributed by atoms with Crippen LogP contribution >= 0.6 is 0 Å². The summed E-state index contributed by atoms with van der Waals surface area (Å²) < 4.78 is 52.2. The molecular weight excluding hydrogens is 372 g/mol. The third-order valence-electron chi connectivity index (χ3n) is 5.51. The fourth-order valence-electron chi connectivity index (χ4n) is 4.20. The van der Waals surface area contributed by atoms with Crippen molar-refractivity contribution in [1.82, 2.24) is 10.6 Å². The SMILES string of the molecule is CCNC(=NCC1(c2c(F)cccc2F)CCCC1)NC1CCS(=O)(=O)C1. The number of hydrogen-bond acceptors (Lipinski definition) is 3. The highest BCUT2D eigenvalue weighted by Crippen LogP contribution is 2.43. The van der Waals surface area contributed by atoms with Crippen LogP contribution in [0.3, 0.4) is 0 Å². The molecule has 1 unspecified atom stereocenters. The van der Waals surface area contributed by atoms with Crippen LogP contribution in [0.1, 0.15) is 44.6 Å². The van der Waals surface area contributed by atoms with Crippen molar-refractivity contribution in [2.45, 2.75) is 50.5 Å². The van der Waals surface area contributed by atoms with Crippen molar-refractivity contribution in [3.8, 4) is 0 Å². The van der Waals surface area contributed by atoms with Gasteiger partial charge in [0.2, 0.25) is 0 Å². The van der Waals surface area contributed by atoms with E-state index in [1.54, 1.807) is 0 Å². The largest absolute Gasteiger partial charge is 0.357 e. The van der Waals surface area contributed by atoms with E-state index >= 15 is 0 Å². The summed E-state index contributed by atoms with van der Waals surface area (Å²) in [7, 11) is -3.00. The van der Waals surface area contributed by atoms with Gasteiger partial charge >= 0.3 is 0 Å². The Labute approximate surface area is 159 Å². The Morgan fingerprint density at radius 2 is 1.93 bits per heavy atom. The lowest BCUT2D eigenvalue weighted by Gasteiger charge is -2.29. The average molecular weight is 400 g/mol. The summed E-state index contributed by atoms with van der Waals surface area (Å²) in [5.41, 5.74) is -0.523. The Hall–Kier alpha value is -1.70. The molecule has 1 heterocycles. The van der Waals surface area contributed by atoms with Gasteiger partial charge in [-0.15, -0.1) is 0 Å². The van der Waals surface area contributed by atoms with Crippen LogP contribution in [-0.4, -0.2) is 45.0 Å². The molecule has 1 aliphatic heterocycles. The predicted octanol–water partition coefficient (Wildman–Crippen LogP) is 2.52. The maximum Gasteiger partial charge on any atom is 0.191 e. The molecule has 1 aromatic rings. The molecule has 1 aromatic carbocycles. The highest BCUT2D eigenvalue weighted by Gasteiger charge is 2.40. The quantitative estimate of drug-likeness (QED) is 0.590. The molecule has 27 heavy (non-hydrogen) atoms. The fraction of sp³-hybridized carbons (Fsp3) is 0.632. The highest BCUT2D eigenvalue weighted by atomic mass is 32.2. The number of halogens is 2. The van der Waals surface area contributed by atoms with E-state index in [-0.39, 0.29) is 29.7 Å². The second-order valence-corrected chi connectivity index (χ2v) is 9.75. The van der Waals surface area contributed by atoms with E-state index in [1.165, 1.54) is 18.2 Å². The summed E-state index contributed by atoms with van der Waals surface area (Å²) in [4.78, 5) is 4.60. The molecule has 5 nitrogen and oxygen atoms in total. The minimum absolute atomic E-state index is 0.0878. The second kappa shape index (κ2) is 8.12. The van der Waals surface area contributed by atoms with Crippen molar-refractivity contribution in [3.05, 3.63) is 35.4 Å². The number of benzene rings is 1. The molecule has 1 aliphatic carbocycles. The minimum Gasteiger partial charge on any atom is -0.357 e. The molecule has 1 saturated carbocycles. The van der Waals surface area contributed by atoms with Crippen molar-refractivity contribution in [2.24, 2.45) is 4.99 Å². The standard InChI is InChI=1S/C19H27F2N3O2S/c1-2-22-18(24-14-8-11-27(25,26)12-14)23-13-19(9-3-4-10-19)17-15(20)6-5-7-16(17)21/h5-7,14H,2-4,8-13H2,1H3,(H2,22,23,24). The number of nitrogens with zero attached hydrogens (tertiary/aromatic N) is 1. The average Bonchev–Trinajstić information content (AvgIpc) is 3.20. The highest BCUT2D eigenvalue weighted by molar-refractivity contribution is 7.91. The molecule has 0 spiro atoms. The van der Waals surface area contributed by atoms with Crippen LogP contribution in [0.4, 0.5) is 8.78 Å². The van der Waals surface area contributed by atoms with Crippen LogP contribution in [0.2, 0.25) is 0 Å². The first-order valence-electron chi connectivity index (χ1n) is 9.55. The minimum atomic E-state index is -3.00. The molecule has 1 saturated heterocycles. The zero-order chi connectivity index (χ0) is 19.5. The molecule has 2 fully saturated rings. The van der Waals surface area contributed by atoms with E-state index in [0.717, 1.165) is 12.8 Å². The van der Waals surface area contributed by atoms with E-state index in [0.29, 0.717) is 31.8 Å². The van der Waals surface area contributed by atoms with Crippen molar-refractivity contribution >= 4 is 15.8 Å². The van der Waals surface area contributed by atoms with Gasteiger partial charge in [-0.25, -0.2) is 17.2 Å². The first kappa shape index (κ1) is 20.0. The molecule has 0 aromatic heterocycles. The lowest BCUT2D eigenvalue weighted by molar-refractivity contribution is 0.400. The summed E-state index contributed by atoms with van der Waals surface area (Å²) in [6.45, 7) is 2.80. The normalized spacial score (nSPS) is 24.1. The molecule has 0 amide bonds. The van der Waals surface area contributed by atoms with Crippen LogP contribution < -0.4 is 10.6 Å². The summed E-state index contributed by atoms with van der Waals surface area (Å²) in [5, 5.41) is 6.28. The first-order valence-corrected chi connectivity index (χ1v) is 11.4. The zero-order valence-electron chi connectivity index (χ0n) is 15.6. The van der Waals surface area contributed by atoms with Crippen LogP contribution in [0.25, 0.3) is 0 Å². The maximum atomic E-state index is 14.4. The van der Waals surface area contributed by atoms with Crippen LogP contribution in [0.15, 0.2) is 23.2 Å². The zero-order valence-corrected chi connectivity index (χ0v) is 16.4. The molecule has 0 bridgehead atoms. The smallest absolute Gasteiger partial charge is 0.191 e. The predicted molar refractivity (Wildman–Crippen MR) is 103 cm³/mol. The lowest BCUT2D eigenvalue weighted by Crippen LogP contribution is -2.45. The van der Waals surface area contributed by atoms with Gasteiger partial charge in [-0.2, -0.15) is 0 Å². The summed E-state index contributed by atoms with van der Waals surface area (Å²) >= 11 is 0. The van der Waals surface area contributed by atoms with Gasteiger partial charge in [-0.3, -0.25) is 4.99 Å². The Morgan fingerprint density at radius 3 is 2.48 bits per heavy atom. The molecule has 2 N–H and O–H groups in total. The van der Waals surface area contributed by atoms with Gasteiger partial charge in [0, 0.05) is 23.6 Å². The summed E-state index contributed by atoms with van der Waals surface area (Å²) in [5.74, 6) is -0.277. The van der Waals surface area contributed by atoms with Gasteiger partial charge in [0.15, 0.2) is 15.8 Å². The fourth-order valence-corrected chi connectivity index (χ4v) is 5.87. The number of rotatable bonds is 5. The third-order valence-corrected chi connectivity index (χ3v) is 7.28. The monoisotopic (exact) mass is 399 g/mol. The van der Waals surface area contributed by atoms with Gasteiger partial charge in [-0.1, -0.05) is 18.9 Å². The number of sulfone groups is 1. The number of guanidine groups is 1. The maximum absolute atomic E-state index is 14.4. The lowest BCUT2D eigenvalue weighted by atomic mass is 9.78. The Bertz CT molecular complexity index is 785. The molecule has 0 radical (unpaired) electrons. The third kappa shape index (κ3) is 4.59. The van der Waals surface area contributed by atoms with Crippen molar-refractivity contribution in [2.75, 3.05) is 24.6 Å². The first-order chi connectivity index (χ1) is 12.9. The van der Waals surface area contributed by atoms with Crippen LogP contribution in [0.5, 0.6) is 0 Å². The van der Waals surface area contributed by atoms with E-state index in [1.807, 2.05) is 6.92 Å². The van der Waals surface area contributed by atoms with E-state index in [9.17, 15) is 17.2 Å². The molecule has 8 heteroatoms. The second-order valence-electron chi connectivity index (χ2n) is 7.52. The Morgan fingerprint density at radius 1 is 1.26 bits per heavy atom. The Kier molecular flexibility index (Phi) is 6.03. The van der Waals surface area contributed by atoms with Crippen LogP contribution in [-0.2, 0) is 15.3 Å². The molecule has 3 rings (SSSR count). The number of hydrogen-bond donors (Lipinski definition) is 2. The van der Waals surface area contributed by atoms with Crippen LogP contribution in [0, 0.1) is 11.6 Å². The molecule has 150 valence electrons. The van der Waals surface area contributed by atoms with Crippen molar-refractivity contribution in [1.29, 1.82) is 0 Å². The van der Waals surface area contributed by atoms with E-state index in [2.05, 4.69) is 15.6 Å².